The minimum atomic E-state index is -0.454. The zero-order chi connectivity index (χ0) is 15.9. The fraction of sp³-hybridized carbons (Fsp3) is 0.188. The summed E-state index contributed by atoms with van der Waals surface area (Å²) in [7, 11) is 1.55. The van der Waals surface area contributed by atoms with Crippen molar-refractivity contribution >= 4 is 11.7 Å². The molecule has 0 unspecified atom stereocenters. The summed E-state index contributed by atoms with van der Waals surface area (Å²) in [6.45, 7) is 0. The Labute approximate surface area is 127 Å². The van der Waals surface area contributed by atoms with Crippen molar-refractivity contribution in [2.75, 3.05) is 7.11 Å². The largest absolute Gasteiger partial charge is 0.497 e. The maximum Gasteiger partial charge on any atom is 0.311 e. The highest BCUT2D eigenvalue weighted by atomic mass is 16.6. The lowest BCUT2D eigenvalue weighted by Crippen LogP contribution is -2.09. The highest BCUT2D eigenvalue weighted by molar-refractivity contribution is 5.72. The monoisotopic (exact) mass is 301 g/mol. The molecule has 114 valence electrons. The summed E-state index contributed by atoms with van der Waals surface area (Å²) in [5.74, 6) is 0.636. The number of methoxy groups -OCH3 is 1. The lowest BCUT2D eigenvalue weighted by Gasteiger charge is -2.06. The Balaban J connectivity index is 1.94. The molecular formula is C16H15NO5. The van der Waals surface area contributed by atoms with Gasteiger partial charge in [-0.1, -0.05) is 18.2 Å². The van der Waals surface area contributed by atoms with Gasteiger partial charge in [0.15, 0.2) is 0 Å². The fourth-order valence-electron chi connectivity index (χ4n) is 1.96. The number of ether oxygens (including phenoxy) is 2. The molecule has 2 rings (SSSR count). The average molecular weight is 301 g/mol. The van der Waals surface area contributed by atoms with Gasteiger partial charge in [0.05, 0.1) is 18.5 Å². The molecule has 0 aliphatic heterocycles. The third-order valence-corrected chi connectivity index (χ3v) is 3.08. The minimum absolute atomic E-state index is 0.0137. The van der Waals surface area contributed by atoms with Crippen LogP contribution in [0.2, 0.25) is 0 Å². The van der Waals surface area contributed by atoms with Gasteiger partial charge in [0.2, 0.25) is 0 Å². The number of carbonyl (C=O) groups is 1. The third-order valence-electron chi connectivity index (χ3n) is 3.08. The highest BCUT2D eigenvalue weighted by Gasteiger charge is 2.14. The highest BCUT2D eigenvalue weighted by Crippen LogP contribution is 2.20. The van der Waals surface area contributed by atoms with E-state index in [1.807, 2.05) is 0 Å². The Kier molecular flexibility index (Phi) is 5.08. The normalized spacial score (nSPS) is 10.0. The summed E-state index contributed by atoms with van der Waals surface area (Å²) in [6.07, 6.45) is 0.322. The summed E-state index contributed by atoms with van der Waals surface area (Å²) in [5, 5.41) is 10.9. The molecule has 0 aliphatic rings. The number of nitro benzene ring substituents is 1. The first kappa shape index (κ1) is 15.5. The second-order valence-corrected chi connectivity index (χ2v) is 4.54. The number of nitrogens with zero attached hydrogens (tertiary/aromatic N) is 1. The van der Waals surface area contributed by atoms with Crippen LogP contribution < -0.4 is 9.47 Å². The van der Waals surface area contributed by atoms with E-state index >= 15 is 0 Å². The van der Waals surface area contributed by atoms with Crippen molar-refractivity contribution in [3.8, 4) is 11.5 Å². The van der Waals surface area contributed by atoms with Gasteiger partial charge in [-0.15, -0.1) is 0 Å². The van der Waals surface area contributed by atoms with Crippen LogP contribution in [0.5, 0.6) is 11.5 Å². The molecule has 2 aromatic carbocycles. The van der Waals surface area contributed by atoms with Crippen molar-refractivity contribution in [1.82, 2.24) is 0 Å². The van der Waals surface area contributed by atoms with Crippen LogP contribution in [0, 0.1) is 10.1 Å². The van der Waals surface area contributed by atoms with Crippen LogP contribution in [0.1, 0.15) is 12.0 Å². The van der Waals surface area contributed by atoms with E-state index < -0.39 is 10.9 Å². The van der Waals surface area contributed by atoms with E-state index in [0.29, 0.717) is 17.1 Å². The fourth-order valence-corrected chi connectivity index (χ4v) is 1.96. The van der Waals surface area contributed by atoms with Gasteiger partial charge in [0.1, 0.15) is 11.5 Å². The molecule has 0 bridgehead atoms. The number of nitro groups is 1. The topological polar surface area (TPSA) is 78.7 Å². The molecule has 0 fully saturated rings. The van der Waals surface area contributed by atoms with E-state index in [1.165, 1.54) is 6.07 Å². The molecule has 2 aromatic rings. The van der Waals surface area contributed by atoms with E-state index in [2.05, 4.69) is 0 Å². The number of esters is 1. The van der Waals surface area contributed by atoms with Gasteiger partial charge >= 0.3 is 5.97 Å². The molecule has 0 aliphatic carbocycles. The Morgan fingerprint density at radius 2 is 1.73 bits per heavy atom. The number of carbonyl (C=O) groups excluding carboxylic acids is 1. The zero-order valence-corrected chi connectivity index (χ0v) is 12.0. The van der Waals surface area contributed by atoms with E-state index in [1.54, 1.807) is 49.6 Å². The number of hydrogen-bond donors (Lipinski definition) is 0. The van der Waals surface area contributed by atoms with Crippen LogP contribution in [-0.4, -0.2) is 18.0 Å². The lowest BCUT2D eigenvalue weighted by molar-refractivity contribution is -0.385. The van der Waals surface area contributed by atoms with E-state index in [-0.39, 0.29) is 18.5 Å². The zero-order valence-electron chi connectivity index (χ0n) is 12.0. The molecule has 6 nitrogen and oxygen atoms in total. The maximum absolute atomic E-state index is 11.8. The molecule has 0 saturated carbocycles. The summed E-state index contributed by atoms with van der Waals surface area (Å²) >= 11 is 0. The molecule has 6 heteroatoms. The van der Waals surface area contributed by atoms with Crippen LogP contribution in [-0.2, 0) is 11.2 Å². The molecule has 0 spiro atoms. The van der Waals surface area contributed by atoms with Gasteiger partial charge in [-0.2, -0.15) is 0 Å². The number of aryl methyl sites for hydroxylation is 1. The Hall–Kier alpha value is -2.89. The first-order valence-corrected chi connectivity index (χ1v) is 6.67. The van der Waals surface area contributed by atoms with Crippen molar-refractivity contribution in [3.05, 3.63) is 64.2 Å². The number of para-hydroxylation sites is 1. The SMILES string of the molecule is COc1ccc(OC(=O)CCc2ccccc2[N+](=O)[O-])cc1. The summed E-state index contributed by atoms with van der Waals surface area (Å²) < 4.78 is 10.2. The first-order chi connectivity index (χ1) is 10.6. The predicted octanol–water partition coefficient (Wildman–Crippen LogP) is 3.14. The number of rotatable bonds is 6. The van der Waals surface area contributed by atoms with Gasteiger partial charge < -0.3 is 9.47 Å². The standard InChI is InChI=1S/C16H15NO5/c1-21-13-7-9-14(10-8-13)22-16(18)11-6-12-4-2-3-5-15(12)17(19)20/h2-5,7-10H,6,11H2,1H3. The second kappa shape index (κ2) is 7.21. The quantitative estimate of drug-likeness (QED) is 0.354. The average Bonchev–Trinajstić information content (AvgIpc) is 2.54. The molecule has 0 atom stereocenters. The smallest absolute Gasteiger partial charge is 0.311 e. The van der Waals surface area contributed by atoms with Gasteiger partial charge in [-0.05, 0) is 30.7 Å². The van der Waals surface area contributed by atoms with E-state index in [9.17, 15) is 14.9 Å². The summed E-state index contributed by atoms with van der Waals surface area (Å²) in [4.78, 5) is 22.2. The van der Waals surface area contributed by atoms with Crippen LogP contribution in [0.25, 0.3) is 0 Å². The molecule has 22 heavy (non-hydrogen) atoms. The van der Waals surface area contributed by atoms with Crippen LogP contribution >= 0.6 is 0 Å². The van der Waals surface area contributed by atoms with Crippen LogP contribution in [0.15, 0.2) is 48.5 Å². The Morgan fingerprint density at radius 3 is 2.36 bits per heavy atom. The van der Waals surface area contributed by atoms with Crippen LogP contribution in [0.3, 0.4) is 0 Å². The summed E-state index contributed by atoms with van der Waals surface area (Å²) in [5.41, 5.74) is 0.527. The van der Waals surface area contributed by atoms with Gasteiger partial charge in [-0.3, -0.25) is 14.9 Å². The molecule has 0 saturated heterocycles. The molecule has 0 heterocycles. The number of hydrogen-bond acceptors (Lipinski definition) is 5. The molecular weight excluding hydrogens is 286 g/mol. The predicted molar refractivity (Wildman–Crippen MR) is 80.0 cm³/mol. The second-order valence-electron chi connectivity index (χ2n) is 4.54. The molecule has 0 radical (unpaired) electrons. The van der Waals surface area contributed by atoms with E-state index in [4.69, 9.17) is 9.47 Å². The minimum Gasteiger partial charge on any atom is -0.497 e. The molecule has 0 N–H and O–H groups in total. The molecule has 0 amide bonds. The summed E-state index contributed by atoms with van der Waals surface area (Å²) in [6, 6.07) is 13.0. The van der Waals surface area contributed by atoms with Crippen molar-refractivity contribution in [2.45, 2.75) is 12.8 Å². The van der Waals surface area contributed by atoms with Gasteiger partial charge in [-0.25, -0.2) is 0 Å². The van der Waals surface area contributed by atoms with Gasteiger partial charge in [0, 0.05) is 11.6 Å². The first-order valence-electron chi connectivity index (χ1n) is 6.67. The molecule has 0 aromatic heterocycles. The van der Waals surface area contributed by atoms with Crippen molar-refractivity contribution in [1.29, 1.82) is 0 Å². The van der Waals surface area contributed by atoms with Crippen LogP contribution in [0.4, 0.5) is 5.69 Å². The Bertz CT molecular complexity index is 666. The Morgan fingerprint density at radius 1 is 1.09 bits per heavy atom. The van der Waals surface area contributed by atoms with E-state index in [0.717, 1.165) is 0 Å². The third kappa shape index (κ3) is 4.05. The van der Waals surface area contributed by atoms with Crippen molar-refractivity contribution in [2.24, 2.45) is 0 Å². The van der Waals surface area contributed by atoms with Gasteiger partial charge in [0.25, 0.3) is 5.69 Å². The van der Waals surface area contributed by atoms with Crippen molar-refractivity contribution in [3.63, 3.8) is 0 Å². The maximum atomic E-state index is 11.8. The van der Waals surface area contributed by atoms with Crippen molar-refractivity contribution < 1.29 is 19.2 Å². The number of benzene rings is 2. The lowest BCUT2D eigenvalue weighted by atomic mass is 10.1.